The van der Waals surface area contributed by atoms with Crippen LogP contribution < -0.4 is 5.19 Å². The van der Waals surface area contributed by atoms with E-state index >= 15 is 0 Å². The van der Waals surface area contributed by atoms with Crippen molar-refractivity contribution in [2.75, 3.05) is 20.3 Å². The van der Waals surface area contributed by atoms with Gasteiger partial charge in [-0.1, -0.05) is 25.1 Å². The zero-order valence-electron chi connectivity index (χ0n) is 10.6. The molecule has 96 valence electrons. The van der Waals surface area contributed by atoms with Gasteiger partial charge in [0.25, 0.3) is 0 Å². The van der Waals surface area contributed by atoms with Gasteiger partial charge in [-0.25, -0.2) is 0 Å². The highest BCUT2D eigenvalue weighted by Gasteiger charge is 2.44. The number of aromatic hydroxyl groups is 1. The summed E-state index contributed by atoms with van der Waals surface area (Å²) in [7, 11) is -1.40. The average Bonchev–Trinajstić information content (AvgIpc) is 2.35. The summed E-state index contributed by atoms with van der Waals surface area (Å²) in [5, 5.41) is 10.5. The number of phenols is 1. The molecule has 1 aromatic rings. The van der Waals surface area contributed by atoms with Gasteiger partial charge in [-0.05, 0) is 19.4 Å². The van der Waals surface area contributed by atoms with Crippen LogP contribution in [-0.4, -0.2) is 34.2 Å². The molecular weight excluding hydrogens is 236 g/mol. The van der Waals surface area contributed by atoms with Crippen LogP contribution in [0.2, 0.25) is 0 Å². The van der Waals surface area contributed by atoms with Crippen LogP contribution in [0.1, 0.15) is 20.3 Å². The standard InChI is InChI=1S/C12H20O4Si/c1-4-10-16-17(14-3,15-5-2)12-9-7-6-8-11(12)13/h6-9,13H,4-5,10H2,1-3H3. The number of hydrogen-bond donors (Lipinski definition) is 1. The van der Waals surface area contributed by atoms with E-state index in [1.165, 1.54) is 0 Å². The van der Waals surface area contributed by atoms with Gasteiger partial charge in [-0.2, -0.15) is 0 Å². The fourth-order valence-electron chi connectivity index (χ4n) is 1.58. The molecular formula is C12H20O4Si. The summed E-state index contributed by atoms with van der Waals surface area (Å²) in [6.45, 7) is 4.94. The Morgan fingerprint density at radius 1 is 1.18 bits per heavy atom. The molecule has 0 fully saturated rings. The van der Waals surface area contributed by atoms with Crippen molar-refractivity contribution < 1.29 is 18.4 Å². The first-order chi connectivity index (χ1) is 8.20. The van der Waals surface area contributed by atoms with Crippen LogP contribution in [0.4, 0.5) is 0 Å². The predicted octanol–water partition coefficient (Wildman–Crippen LogP) is 1.65. The van der Waals surface area contributed by atoms with E-state index in [2.05, 4.69) is 0 Å². The Balaban J connectivity index is 3.07. The Labute approximate surface area is 104 Å². The van der Waals surface area contributed by atoms with Gasteiger partial charge in [0.2, 0.25) is 0 Å². The van der Waals surface area contributed by atoms with E-state index in [1.54, 1.807) is 25.3 Å². The molecule has 4 nitrogen and oxygen atoms in total. The maximum atomic E-state index is 9.90. The molecule has 0 aliphatic rings. The number of hydrogen-bond acceptors (Lipinski definition) is 4. The molecule has 1 aromatic carbocycles. The lowest BCUT2D eigenvalue weighted by atomic mass is 10.3. The second kappa shape index (κ2) is 6.76. The molecule has 0 heterocycles. The maximum Gasteiger partial charge on any atom is 0.540 e. The molecule has 0 aliphatic carbocycles. The Kier molecular flexibility index (Phi) is 5.63. The van der Waals surface area contributed by atoms with Crippen molar-refractivity contribution in [3.05, 3.63) is 24.3 Å². The molecule has 0 aliphatic heterocycles. The molecule has 1 N–H and O–H groups in total. The van der Waals surface area contributed by atoms with Crippen molar-refractivity contribution in [1.29, 1.82) is 0 Å². The van der Waals surface area contributed by atoms with Crippen molar-refractivity contribution in [1.82, 2.24) is 0 Å². The summed E-state index contributed by atoms with van der Waals surface area (Å²) in [4.78, 5) is 0. The van der Waals surface area contributed by atoms with E-state index in [1.807, 2.05) is 19.9 Å². The molecule has 17 heavy (non-hydrogen) atoms. The maximum absolute atomic E-state index is 9.90. The molecule has 0 bridgehead atoms. The van der Waals surface area contributed by atoms with Gasteiger partial charge in [0, 0.05) is 20.3 Å². The van der Waals surface area contributed by atoms with Gasteiger partial charge in [0.05, 0.1) is 5.19 Å². The number of benzene rings is 1. The molecule has 5 heteroatoms. The Morgan fingerprint density at radius 2 is 1.88 bits per heavy atom. The number of phenolic OH excluding ortho intramolecular Hbond substituents is 1. The Hall–Kier alpha value is -0.883. The minimum Gasteiger partial charge on any atom is -0.508 e. The van der Waals surface area contributed by atoms with Crippen LogP contribution in [0.15, 0.2) is 24.3 Å². The van der Waals surface area contributed by atoms with Gasteiger partial charge in [0.1, 0.15) is 5.75 Å². The van der Waals surface area contributed by atoms with Gasteiger partial charge in [-0.15, -0.1) is 0 Å². The number of para-hydroxylation sites is 1. The zero-order valence-corrected chi connectivity index (χ0v) is 11.6. The van der Waals surface area contributed by atoms with Gasteiger partial charge < -0.3 is 18.4 Å². The van der Waals surface area contributed by atoms with Gasteiger partial charge in [0.15, 0.2) is 0 Å². The zero-order chi connectivity index (χ0) is 12.7. The van der Waals surface area contributed by atoms with Crippen LogP contribution >= 0.6 is 0 Å². The summed E-state index contributed by atoms with van der Waals surface area (Å²) in [6, 6.07) is 7.00. The molecule has 0 aromatic heterocycles. The van der Waals surface area contributed by atoms with E-state index in [4.69, 9.17) is 13.3 Å². The summed E-state index contributed by atoms with van der Waals surface area (Å²) in [5.74, 6) is 0.158. The van der Waals surface area contributed by atoms with Crippen molar-refractivity contribution in [2.45, 2.75) is 20.3 Å². The quantitative estimate of drug-likeness (QED) is 0.754. The Morgan fingerprint density at radius 3 is 2.41 bits per heavy atom. The van der Waals surface area contributed by atoms with Crippen LogP contribution in [0.5, 0.6) is 5.75 Å². The van der Waals surface area contributed by atoms with Crippen LogP contribution in [-0.2, 0) is 13.3 Å². The lowest BCUT2D eigenvalue weighted by Gasteiger charge is -2.28. The molecule has 0 amide bonds. The predicted molar refractivity (Wildman–Crippen MR) is 68.4 cm³/mol. The first-order valence-corrected chi connectivity index (χ1v) is 7.54. The fraction of sp³-hybridized carbons (Fsp3) is 0.500. The summed E-state index contributed by atoms with van der Waals surface area (Å²) in [6.07, 6.45) is 0.874. The monoisotopic (exact) mass is 256 g/mol. The molecule has 1 unspecified atom stereocenters. The second-order valence-corrected chi connectivity index (χ2v) is 6.20. The second-order valence-electron chi connectivity index (χ2n) is 3.56. The molecule has 1 atom stereocenters. The van der Waals surface area contributed by atoms with Crippen molar-refractivity contribution in [3.8, 4) is 5.75 Å². The highest BCUT2D eigenvalue weighted by molar-refractivity contribution is 6.76. The van der Waals surface area contributed by atoms with E-state index < -0.39 is 8.80 Å². The van der Waals surface area contributed by atoms with Crippen LogP contribution in [0.25, 0.3) is 0 Å². The largest absolute Gasteiger partial charge is 0.540 e. The van der Waals surface area contributed by atoms with Gasteiger partial charge >= 0.3 is 8.80 Å². The Bertz CT molecular complexity index is 345. The van der Waals surface area contributed by atoms with E-state index in [-0.39, 0.29) is 5.75 Å². The summed E-state index contributed by atoms with van der Waals surface area (Å²) < 4.78 is 16.9. The lowest BCUT2D eigenvalue weighted by Crippen LogP contribution is -2.56. The molecule has 0 spiro atoms. The summed E-state index contributed by atoms with van der Waals surface area (Å²) in [5.41, 5.74) is 0. The summed E-state index contributed by atoms with van der Waals surface area (Å²) >= 11 is 0. The molecule has 1 rings (SSSR count). The topological polar surface area (TPSA) is 47.9 Å². The third kappa shape index (κ3) is 3.29. The molecule has 0 saturated heterocycles. The number of rotatable bonds is 7. The minimum atomic E-state index is -2.96. The van der Waals surface area contributed by atoms with Crippen molar-refractivity contribution in [3.63, 3.8) is 0 Å². The van der Waals surface area contributed by atoms with E-state index in [0.29, 0.717) is 18.4 Å². The first-order valence-electron chi connectivity index (χ1n) is 5.81. The van der Waals surface area contributed by atoms with E-state index in [0.717, 1.165) is 6.42 Å². The smallest absolute Gasteiger partial charge is 0.508 e. The van der Waals surface area contributed by atoms with Crippen molar-refractivity contribution in [2.24, 2.45) is 0 Å². The normalized spacial score (nSPS) is 14.5. The highest BCUT2D eigenvalue weighted by atomic mass is 28.4. The average molecular weight is 256 g/mol. The lowest BCUT2D eigenvalue weighted by molar-refractivity contribution is 0.0962. The van der Waals surface area contributed by atoms with Crippen LogP contribution in [0, 0.1) is 0 Å². The van der Waals surface area contributed by atoms with E-state index in [9.17, 15) is 5.11 Å². The third-order valence-electron chi connectivity index (χ3n) is 2.33. The van der Waals surface area contributed by atoms with Gasteiger partial charge in [-0.3, -0.25) is 0 Å². The molecule has 0 radical (unpaired) electrons. The SMILES string of the molecule is CCCO[Si](OC)(OCC)c1ccccc1O. The fourth-order valence-corrected chi connectivity index (χ4v) is 3.98. The van der Waals surface area contributed by atoms with Crippen molar-refractivity contribution >= 4 is 14.0 Å². The highest BCUT2D eigenvalue weighted by Crippen LogP contribution is 2.16. The van der Waals surface area contributed by atoms with Crippen LogP contribution in [0.3, 0.4) is 0 Å². The first kappa shape index (κ1) is 14.2. The minimum absolute atomic E-state index is 0.158. The molecule has 0 saturated carbocycles. The third-order valence-corrected chi connectivity index (χ3v) is 5.21.